The summed E-state index contributed by atoms with van der Waals surface area (Å²) in [6.45, 7) is 0.545. The highest BCUT2D eigenvalue weighted by Gasteiger charge is 2.42. The Kier molecular flexibility index (Phi) is 2.16. The summed E-state index contributed by atoms with van der Waals surface area (Å²) in [5.74, 6) is 0.856. The first kappa shape index (κ1) is 9.51. The van der Waals surface area contributed by atoms with E-state index in [9.17, 15) is 10.2 Å². The number of hydrogen-bond donors (Lipinski definition) is 2. The molecule has 0 saturated carbocycles. The molecule has 1 aromatic rings. The zero-order valence-corrected chi connectivity index (χ0v) is 9.02. The lowest BCUT2D eigenvalue weighted by Crippen LogP contribution is -2.40. The normalized spacial score (nSPS) is 33.7. The average molecular weight is 223 g/mol. The zero-order chi connectivity index (χ0) is 10.4. The molecule has 1 saturated heterocycles. The Morgan fingerprint density at radius 2 is 2.07 bits per heavy atom. The molecule has 0 radical (unpaired) electrons. The van der Waals surface area contributed by atoms with Crippen LogP contribution in [0.4, 0.5) is 5.69 Å². The molecular formula is C11H13NO2S. The van der Waals surface area contributed by atoms with Crippen LogP contribution in [0.25, 0.3) is 0 Å². The molecule has 2 N–H and O–H groups in total. The van der Waals surface area contributed by atoms with E-state index in [0.29, 0.717) is 6.54 Å². The molecule has 2 heterocycles. The quantitative estimate of drug-likeness (QED) is 0.679. The molecule has 3 nitrogen and oxygen atoms in total. The van der Waals surface area contributed by atoms with Gasteiger partial charge in [0, 0.05) is 17.2 Å². The van der Waals surface area contributed by atoms with Crippen LogP contribution in [0.3, 0.4) is 0 Å². The molecule has 15 heavy (non-hydrogen) atoms. The van der Waals surface area contributed by atoms with Gasteiger partial charge in [-0.25, -0.2) is 0 Å². The van der Waals surface area contributed by atoms with Gasteiger partial charge in [0.25, 0.3) is 0 Å². The monoisotopic (exact) mass is 223 g/mol. The number of rotatable bonds is 0. The molecule has 1 fully saturated rings. The standard InChI is InChI=1S/C11H13NO2S/c13-9-5-12-7-3-1-2-4-10(7)15-6-8(12)11(9)14/h1-4,8-9,11,13-14H,5-6H2/t8-,9-,11+/m0/s1. The van der Waals surface area contributed by atoms with Gasteiger partial charge in [0.05, 0.1) is 17.8 Å². The van der Waals surface area contributed by atoms with Crippen LogP contribution in [-0.4, -0.2) is 40.8 Å². The van der Waals surface area contributed by atoms with Crippen LogP contribution in [0.2, 0.25) is 0 Å². The summed E-state index contributed by atoms with van der Waals surface area (Å²) in [6, 6.07) is 8.24. The van der Waals surface area contributed by atoms with Crippen molar-refractivity contribution < 1.29 is 10.2 Å². The van der Waals surface area contributed by atoms with Crippen molar-refractivity contribution in [1.82, 2.24) is 0 Å². The molecule has 4 heteroatoms. The van der Waals surface area contributed by atoms with Crippen LogP contribution in [0.1, 0.15) is 0 Å². The van der Waals surface area contributed by atoms with E-state index in [-0.39, 0.29) is 6.04 Å². The van der Waals surface area contributed by atoms with E-state index in [1.807, 2.05) is 12.1 Å². The Morgan fingerprint density at radius 1 is 1.27 bits per heavy atom. The topological polar surface area (TPSA) is 43.7 Å². The molecule has 0 amide bonds. The van der Waals surface area contributed by atoms with Crippen molar-refractivity contribution in [3.8, 4) is 0 Å². The predicted octanol–water partition coefficient (Wildman–Crippen LogP) is 0.703. The molecule has 2 aliphatic heterocycles. The summed E-state index contributed by atoms with van der Waals surface area (Å²) in [7, 11) is 0. The van der Waals surface area contributed by atoms with E-state index in [2.05, 4.69) is 17.0 Å². The largest absolute Gasteiger partial charge is 0.388 e. The van der Waals surface area contributed by atoms with Crippen molar-refractivity contribution in [2.24, 2.45) is 0 Å². The highest BCUT2D eigenvalue weighted by Crippen LogP contribution is 2.40. The van der Waals surface area contributed by atoms with E-state index in [4.69, 9.17) is 0 Å². The summed E-state index contributed by atoms with van der Waals surface area (Å²) in [4.78, 5) is 3.37. The molecule has 0 unspecified atom stereocenters. The summed E-state index contributed by atoms with van der Waals surface area (Å²) in [5, 5.41) is 19.5. The fraction of sp³-hybridized carbons (Fsp3) is 0.455. The van der Waals surface area contributed by atoms with Crippen molar-refractivity contribution in [3.63, 3.8) is 0 Å². The summed E-state index contributed by atoms with van der Waals surface area (Å²) in [5.41, 5.74) is 1.15. The SMILES string of the molecule is O[C@H]1[C@@H](O)CN2c3ccccc3SC[C@@H]12. The second kappa shape index (κ2) is 3.40. The maximum atomic E-state index is 9.81. The van der Waals surface area contributed by atoms with Gasteiger partial charge in [0.15, 0.2) is 0 Å². The third kappa shape index (κ3) is 1.36. The van der Waals surface area contributed by atoms with Crippen LogP contribution in [-0.2, 0) is 0 Å². The number of aliphatic hydroxyl groups is 2. The molecule has 0 spiro atoms. The number of hydrogen-bond acceptors (Lipinski definition) is 4. The molecule has 2 aliphatic rings. The lowest BCUT2D eigenvalue weighted by atomic mass is 10.1. The number of nitrogens with zero attached hydrogens (tertiary/aromatic N) is 1. The molecule has 0 aliphatic carbocycles. The Hall–Kier alpha value is -0.710. The number of fused-ring (bicyclic) bond motifs is 3. The van der Waals surface area contributed by atoms with Crippen LogP contribution in [0, 0.1) is 0 Å². The van der Waals surface area contributed by atoms with E-state index >= 15 is 0 Å². The molecular weight excluding hydrogens is 210 g/mol. The van der Waals surface area contributed by atoms with Crippen molar-refractivity contribution >= 4 is 17.4 Å². The molecule has 3 rings (SSSR count). The number of aliphatic hydroxyl groups excluding tert-OH is 2. The second-order valence-electron chi connectivity index (χ2n) is 4.06. The molecule has 0 bridgehead atoms. The van der Waals surface area contributed by atoms with Crippen molar-refractivity contribution in [2.75, 3.05) is 17.2 Å². The van der Waals surface area contributed by atoms with Gasteiger partial charge in [-0.2, -0.15) is 0 Å². The zero-order valence-electron chi connectivity index (χ0n) is 8.21. The van der Waals surface area contributed by atoms with E-state index in [0.717, 1.165) is 11.4 Å². The third-order valence-corrected chi connectivity index (χ3v) is 4.32. The van der Waals surface area contributed by atoms with E-state index in [1.165, 1.54) is 4.90 Å². The highest BCUT2D eigenvalue weighted by molar-refractivity contribution is 7.99. The van der Waals surface area contributed by atoms with Crippen LogP contribution in [0.15, 0.2) is 29.2 Å². The summed E-state index contributed by atoms with van der Waals surface area (Å²) >= 11 is 1.76. The number of para-hydroxylation sites is 1. The first-order chi connectivity index (χ1) is 7.27. The van der Waals surface area contributed by atoms with Gasteiger partial charge in [-0.1, -0.05) is 12.1 Å². The second-order valence-corrected chi connectivity index (χ2v) is 5.12. The molecule has 0 aromatic heterocycles. The maximum absolute atomic E-state index is 9.81. The average Bonchev–Trinajstić information content (AvgIpc) is 2.56. The minimum atomic E-state index is -0.609. The Bertz CT molecular complexity index is 385. The fourth-order valence-electron chi connectivity index (χ4n) is 2.34. The van der Waals surface area contributed by atoms with Crippen molar-refractivity contribution in [1.29, 1.82) is 0 Å². The molecule has 80 valence electrons. The molecule has 3 atom stereocenters. The van der Waals surface area contributed by atoms with Crippen LogP contribution < -0.4 is 4.90 Å². The summed E-state index contributed by atoms with van der Waals surface area (Å²) < 4.78 is 0. The minimum Gasteiger partial charge on any atom is -0.388 e. The van der Waals surface area contributed by atoms with Gasteiger partial charge < -0.3 is 15.1 Å². The minimum absolute atomic E-state index is 0.0694. The first-order valence-corrected chi connectivity index (χ1v) is 6.10. The maximum Gasteiger partial charge on any atom is 0.103 e. The fourth-order valence-corrected chi connectivity index (χ4v) is 3.58. The molecule has 1 aromatic carbocycles. The smallest absolute Gasteiger partial charge is 0.103 e. The Labute approximate surface area is 92.7 Å². The van der Waals surface area contributed by atoms with Crippen molar-refractivity contribution in [2.45, 2.75) is 23.1 Å². The van der Waals surface area contributed by atoms with Gasteiger partial charge in [-0.05, 0) is 12.1 Å². The summed E-state index contributed by atoms with van der Waals surface area (Å²) in [6.07, 6.45) is -1.22. The van der Waals surface area contributed by atoms with Gasteiger partial charge in [-0.3, -0.25) is 0 Å². The highest BCUT2D eigenvalue weighted by atomic mass is 32.2. The van der Waals surface area contributed by atoms with E-state index in [1.54, 1.807) is 11.8 Å². The van der Waals surface area contributed by atoms with Gasteiger partial charge >= 0.3 is 0 Å². The lowest BCUT2D eigenvalue weighted by molar-refractivity contribution is 0.0445. The number of benzene rings is 1. The van der Waals surface area contributed by atoms with Crippen LogP contribution in [0.5, 0.6) is 0 Å². The Balaban J connectivity index is 2.01. The van der Waals surface area contributed by atoms with Crippen LogP contribution >= 0.6 is 11.8 Å². The van der Waals surface area contributed by atoms with Gasteiger partial charge in [-0.15, -0.1) is 11.8 Å². The van der Waals surface area contributed by atoms with Gasteiger partial charge in [0.2, 0.25) is 0 Å². The lowest BCUT2D eigenvalue weighted by Gasteiger charge is -2.33. The Morgan fingerprint density at radius 3 is 2.93 bits per heavy atom. The number of thioether (sulfide) groups is 1. The van der Waals surface area contributed by atoms with E-state index < -0.39 is 12.2 Å². The third-order valence-electron chi connectivity index (χ3n) is 3.16. The van der Waals surface area contributed by atoms with Gasteiger partial charge in [0.1, 0.15) is 6.10 Å². The van der Waals surface area contributed by atoms with Crippen molar-refractivity contribution in [3.05, 3.63) is 24.3 Å². The number of anilines is 1. The predicted molar refractivity (Wildman–Crippen MR) is 60.3 cm³/mol. The first-order valence-electron chi connectivity index (χ1n) is 5.12.